The van der Waals surface area contributed by atoms with E-state index in [2.05, 4.69) is 39.3 Å². The van der Waals surface area contributed by atoms with Gasteiger partial charge in [0.2, 0.25) is 5.89 Å². The Kier molecular flexibility index (Phi) is 4.62. The van der Waals surface area contributed by atoms with Gasteiger partial charge in [-0.25, -0.2) is 9.97 Å². The smallest absolute Gasteiger partial charge is 0.226 e. The first kappa shape index (κ1) is 14.9. The fourth-order valence-electron chi connectivity index (χ4n) is 2.20. The summed E-state index contributed by atoms with van der Waals surface area (Å²) >= 11 is 1.65. The molecule has 22 heavy (non-hydrogen) atoms. The number of aromatic nitrogens is 4. The summed E-state index contributed by atoms with van der Waals surface area (Å²) in [6, 6.07) is 2.00. The summed E-state index contributed by atoms with van der Waals surface area (Å²) in [5.74, 6) is 2.94. The Morgan fingerprint density at radius 1 is 1.32 bits per heavy atom. The highest BCUT2D eigenvalue weighted by molar-refractivity contribution is 7.17. The second-order valence-electron chi connectivity index (χ2n) is 5.59. The van der Waals surface area contributed by atoms with Crippen molar-refractivity contribution in [2.24, 2.45) is 5.92 Å². The van der Waals surface area contributed by atoms with E-state index in [9.17, 15) is 0 Å². The van der Waals surface area contributed by atoms with Gasteiger partial charge in [-0.15, -0.1) is 11.3 Å². The number of rotatable bonds is 7. The van der Waals surface area contributed by atoms with E-state index in [1.54, 1.807) is 17.7 Å². The van der Waals surface area contributed by atoms with Crippen molar-refractivity contribution in [3.8, 4) is 0 Å². The third kappa shape index (κ3) is 3.59. The topological polar surface area (TPSA) is 76.7 Å². The van der Waals surface area contributed by atoms with Gasteiger partial charge in [-0.05, 0) is 23.8 Å². The van der Waals surface area contributed by atoms with Crippen LogP contribution in [0.25, 0.3) is 10.2 Å². The molecule has 0 amide bonds. The maximum Gasteiger partial charge on any atom is 0.226 e. The van der Waals surface area contributed by atoms with E-state index >= 15 is 0 Å². The third-order valence-corrected chi connectivity index (χ3v) is 4.11. The van der Waals surface area contributed by atoms with Crippen LogP contribution >= 0.6 is 11.3 Å². The molecule has 0 spiro atoms. The second kappa shape index (κ2) is 6.83. The second-order valence-corrected chi connectivity index (χ2v) is 6.51. The van der Waals surface area contributed by atoms with Crippen molar-refractivity contribution in [3.63, 3.8) is 0 Å². The number of hydrogen-bond acceptors (Lipinski definition) is 7. The number of thiophene rings is 1. The molecule has 0 aromatic carbocycles. The summed E-state index contributed by atoms with van der Waals surface area (Å²) in [7, 11) is 0. The SMILES string of the molecule is CC(C)Cc1noc(CCCNc2ncnc3ccsc23)n1. The maximum atomic E-state index is 5.26. The molecule has 0 atom stereocenters. The highest BCUT2D eigenvalue weighted by Crippen LogP contribution is 2.24. The molecule has 0 bridgehead atoms. The fourth-order valence-corrected chi connectivity index (χ4v) is 3.01. The van der Waals surface area contributed by atoms with E-state index in [1.807, 2.05) is 11.4 Å². The lowest BCUT2D eigenvalue weighted by molar-refractivity contribution is 0.369. The molecule has 116 valence electrons. The minimum atomic E-state index is 0.540. The Balaban J connectivity index is 1.49. The van der Waals surface area contributed by atoms with Crippen LogP contribution in [0.1, 0.15) is 32.0 Å². The minimum absolute atomic E-state index is 0.540. The van der Waals surface area contributed by atoms with Crippen molar-refractivity contribution < 1.29 is 4.52 Å². The Labute approximate surface area is 133 Å². The van der Waals surface area contributed by atoms with Crippen LogP contribution in [-0.4, -0.2) is 26.7 Å². The molecular weight excluding hydrogens is 298 g/mol. The number of nitrogens with zero attached hydrogens (tertiary/aromatic N) is 4. The van der Waals surface area contributed by atoms with E-state index in [-0.39, 0.29) is 0 Å². The van der Waals surface area contributed by atoms with Crippen LogP contribution in [0.4, 0.5) is 5.82 Å². The lowest BCUT2D eigenvalue weighted by atomic mass is 10.1. The molecule has 7 heteroatoms. The Bertz CT molecular complexity index is 736. The molecule has 0 aliphatic carbocycles. The summed E-state index contributed by atoms with van der Waals surface area (Å²) in [6.07, 6.45) is 4.14. The first-order valence-electron chi connectivity index (χ1n) is 7.46. The largest absolute Gasteiger partial charge is 0.369 e. The summed E-state index contributed by atoms with van der Waals surface area (Å²) in [5, 5.41) is 9.38. The van der Waals surface area contributed by atoms with E-state index in [0.29, 0.717) is 11.8 Å². The molecule has 0 aliphatic heterocycles. The number of nitrogens with one attached hydrogen (secondary N) is 1. The molecule has 0 radical (unpaired) electrons. The molecule has 1 N–H and O–H groups in total. The monoisotopic (exact) mass is 317 g/mol. The van der Waals surface area contributed by atoms with Crippen molar-refractivity contribution in [1.29, 1.82) is 0 Å². The van der Waals surface area contributed by atoms with E-state index < -0.39 is 0 Å². The normalized spacial score (nSPS) is 11.4. The highest BCUT2D eigenvalue weighted by Gasteiger charge is 2.08. The number of hydrogen-bond donors (Lipinski definition) is 1. The average Bonchev–Trinajstić information content (AvgIpc) is 3.12. The number of anilines is 1. The van der Waals surface area contributed by atoms with Crippen molar-refractivity contribution in [1.82, 2.24) is 20.1 Å². The molecule has 0 aliphatic rings. The van der Waals surface area contributed by atoms with Crippen LogP contribution in [0, 0.1) is 5.92 Å². The van der Waals surface area contributed by atoms with Crippen molar-refractivity contribution in [2.45, 2.75) is 33.1 Å². The van der Waals surface area contributed by atoms with Gasteiger partial charge in [-0.1, -0.05) is 19.0 Å². The molecule has 3 rings (SSSR count). The molecular formula is C15H19N5OS. The van der Waals surface area contributed by atoms with Crippen molar-refractivity contribution >= 4 is 27.4 Å². The van der Waals surface area contributed by atoms with Crippen LogP contribution in [0.15, 0.2) is 22.3 Å². The van der Waals surface area contributed by atoms with Gasteiger partial charge in [0.15, 0.2) is 5.82 Å². The molecule has 0 saturated heterocycles. The summed E-state index contributed by atoms with van der Waals surface area (Å²) < 4.78 is 6.36. The predicted octanol–water partition coefficient (Wildman–Crippen LogP) is 3.32. The Morgan fingerprint density at radius 2 is 2.23 bits per heavy atom. The highest BCUT2D eigenvalue weighted by atomic mass is 32.1. The molecule has 3 heterocycles. The molecule has 3 aromatic rings. The summed E-state index contributed by atoms with van der Waals surface area (Å²) in [4.78, 5) is 12.9. The maximum absolute atomic E-state index is 5.26. The standard InChI is InChI=1S/C15H19N5OS/c1-10(2)8-12-19-13(21-20-12)4-3-6-16-15-14-11(5-7-22-14)17-9-18-15/h5,7,9-10H,3-4,6,8H2,1-2H3,(H,16,17,18). The van der Waals surface area contributed by atoms with Gasteiger partial charge in [0.05, 0.1) is 10.2 Å². The van der Waals surface area contributed by atoms with Crippen molar-refractivity contribution in [3.05, 3.63) is 29.5 Å². The van der Waals surface area contributed by atoms with Crippen molar-refractivity contribution in [2.75, 3.05) is 11.9 Å². The number of aryl methyl sites for hydroxylation is 1. The molecule has 0 saturated carbocycles. The Hall–Kier alpha value is -2.02. The van der Waals surface area contributed by atoms with Crippen LogP contribution in [-0.2, 0) is 12.8 Å². The average molecular weight is 317 g/mol. The van der Waals surface area contributed by atoms with Gasteiger partial charge in [0.25, 0.3) is 0 Å². The fraction of sp³-hybridized carbons (Fsp3) is 0.467. The van der Waals surface area contributed by atoms with Crippen LogP contribution in [0.5, 0.6) is 0 Å². The van der Waals surface area contributed by atoms with Gasteiger partial charge >= 0.3 is 0 Å². The molecule has 6 nitrogen and oxygen atoms in total. The first-order chi connectivity index (χ1) is 10.7. The zero-order valence-electron chi connectivity index (χ0n) is 12.7. The lowest BCUT2D eigenvalue weighted by Crippen LogP contribution is -2.05. The van der Waals surface area contributed by atoms with E-state index in [0.717, 1.165) is 47.7 Å². The first-order valence-corrected chi connectivity index (χ1v) is 8.34. The van der Waals surface area contributed by atoms with Crippen LogP contribution < -0.4 is 5.32 Å². The van der Waals surface area contributed by atoms with Gasteiger partial charge in [0, 0.05) is 19.4 Å². The minimum Gasteiger partial charge on any atom is -0.369 e. The Morgan fingerprint density at radius 3 is 3.09 bits per heavy atom. The quantitative estimate of drug-likeness (QED) is 0.674. The molecule has 0 fully saturated rings. The van der Waals surface area contributed by atoms with E-state index in [1.165, 1.54) is 0 Å². The molecule has 0 unspecified atom stereocenters. The van der Waals surface area contributed by atoms with Gasteiger partial charge in [-0.2, -0.15) is 4.98 Å². The summed E-state index contributed by atoms with van der Waals surface area (Å²) in [5.41, 5.74) is 0.984. The van der Waals surface area contributed by atoms with Gasteiger partial charge < -0.3 is 9.84 Å². The zero-order chi connectivity index (χ0) is 15.4. The van der Waals surface area contributed by atoms with Gasteiger partial charge in [0.1, 0.15) is 12.1 Å². The lowest BCUT2D eigenvalue weighted by Gasteiger charge is -2.04. The van der Waals surface area contributed by atoms with E-state index in [4.69, 9.17) is 4.52 Å². The predicted molar refractivity (Wildman–Crippen MR) is 87.1 cm³/mol. The summed E-state index contributed by atoms with van der Waals surface area (Å²) in [6.45, 7) is 5.10. The zero-order valence-corrected chi connectivity index (χ0v) is 13.6. The number of fused-ring (bicyclic) bond motifs is 1. The van der Waals surface area contributed by atoms with Gasteiger partial charge in [-0.3, -0.25) is 0 Å². The molecule has 3 aromatic heterocycles. The van der Waals surface area contributed by atoms with Crippen LogP contribution in [0.3, 0.4) is 0 Å². The third-order valence-electron chi connectivity index (χ3n) is 3.20. The van der Waals surface area contributed by atoms with Crippen LogP contribution in [0.2, 0.25) is 0 Å².